The minimum Gasteiger partial charge on any atom is -0.295 e. The number of hydrogen-bond acceptors (Lipinski definition) is 1. The first kappa shape index (κ1) is 17.5. The van der Waals surface area contributed by atoms with E-state index in [0.29, 0.717) is 6.42 Å². The number of rotatable bonds is 7. The lowest BCUT2D eigenvalue weighted by Crippen LogP contribution is -2.46. The van der Waals surface area contributed by atoms with Gasteiger partial charge in [0.25, 0.3) is 0 Å². The van der Waals surface area contributed by atoms with Gasteiger partial charge in [0, 0.05) is 0 Å². The molecule has 0 aliphatic carbocycles. The molecule has 0 bridgehead atoms. The van der Waals surface area contributed by atoms with Gasteiger partial charge >= 0.3 is 12.4 Å². The van der Waals surface area contributed by atoms with Crippen LogP contribution in [0.25, 0.3) is 0 Å². The lowest BCUT2D eigenvalue weighted by atomic mass is 10.1. The van der Waals surface area contributed by atoms with E-state index in [-0.39, 0.29) is 6.54 Å². The maximum Gasteiger partial charge on any atom is 0.404 e. The SMILES string of the molecule is CCCCCCN(C)C(CC(F)(F)F)C(F)(F)F. The molecule has 0 aliphatic rings. The van der Waals surface area contributed by atoms with Crippen LogP contribution in [0, 0.1) is 0 Å². The summed E-state index contributed by atoms with van der Waals surface area (Å²) < 4.78 is 73.9. The highest BCUT2D eigenvalue weighted by atomic mass is 19.4. The smallest absolute Gasteiger partial charge is 0.295 e. The topological polar surface area (TPSA) is 3.24 Å². The van der Waals surface area contributed by atoms with Gasteiger partial charge in [-0.3, -0.25) is 4.90 Å². The molecule has 0 aromatic heterocycles. The largest absolute Gasteiger partial charge is 0.404 e. The zero-order chi connectivity index (χ0) is 14.4. The molecule has 0 saturated carbocycles. The van der Waals surface area contributed by atoms with E-state index in [2.05, 4.69) is 0 Å². The zero-order valence-electron chi connectivity index (χ0n) is 10.5. The Hall–Kier alpha value is -0.460. The van der Waals surface area contributed by atoms with Gasteiger partial charge in [0.2, 0.25) is 0 Å². The second-order valence-electron chi connectivity index (χ2n) is 4.42. The van der Waals surface area contributed by atoms with Crippen molar-refractivity contribution in [2.75, 3.05) is 13.6 Å². The Morgan fingerprint density at radius 3 is 1.89 bits per heavy atom. The van der Waals surface area contributed by atoms with Crippen molar-refractivity contribution < 1.29 is 26.3 Å². The van der Waals surface area contributed by atoms with Crippen LogP contribution in [0.15, 0.2) is 0 Å². The van der Waals surface area contributed by atoms with Crippen molar-refractivity contribution in [3.05, 3.63) is 0 Å². The van der Waals surface area contributed by atoms with Gasteiger partial charge in [0.1, 0.15) is 6.04 Å². The van der Waals surface area contributed by atoms with Crippen LogP contribution in [0.4, 0.5) is 26.3 Å². The minimum atomic E-state index is -4.85. The summed E-state index contributed by atoms with van der Waals surface area (Å²) in [6.45, 7) is 1.98. The standard InChI is InChI=1S/C11H19F6N/c1-3-4-5-6-7-18(2)9(11(15,16)17)8-10(12,13)14/h9H,3-8H2,1-2H3. The molecule has 0 radical (unpaired) electrons. The maximum atomic E-state index is 12.5. The van der Waals surface area contributed by atoms with Crippen LogP contribution in [-0.2, 0) is 0 Å². The second kappa shape index (κ2) is 7.21. The molecular formula is C11H19F6N. The molecule has 1 atom stereocenters. The predicted octanol–water partition coefficient (Wildman–Crippen LogP) is 4.38. The summed E-state index contributed by atoms with van der Waals surface area (Å²) in [7, 11) is 1.09. The normalized spacial score (nSPS) is 15.2. The summed E-state index contributed by atoms with van der Waals surface area (Å²) in [5.74, 6) is 0. The first-order chi connectivity index (χ1) is 8.08. The molecule has 0 aliphatic heterocycles. The Morgan fingerprint density at radius 2 is 1.50 bits per heavy atom. The van der Waals surface area contributed by atoms with Gasteiger partial charge in [0.15, 0.2) is 0 Å². The summed E-state index contributed by atoms with van der Waals surface area (Å²) in [6, 6.07) is -2.45. The first-order valence-corrected chi connectivity index (χ1v) is 5.91. The van der Waals surface area contributed by atoms with E-state index in [9.17, 15) is 26.3 Å². The van der Waals surface area contributed by atoms with Crippen molar-refractivity contribution in [1.82, 2.24) is 4.90 Å². The fourth-order valence-electron chi connectivity index (χ4n) is 1.68. The van der Waals surface area contributed by atoms with E-state index in [4.69, 9.17) is 0 Å². The maximum absolute atomic E-state index is 12.5. The van der Waals surface area contributed by atoms with Gasteiger partial charge in [-0.15, -0.1) is 0 Å². The Labute approximate surface area is 103 Å². The molecule has 0 heterocycles. The molecule has 1 nitrogen and oxygen atoms in total. The zero-order valence-corrected chi connectivity index (χ0v) is 10.5. The lowest BCUT2D eigenvalue weighted by molar-refractivity contribution is -0.222. The second-order valence-corrected chi connectivity index (χ2v) is 4.42. The van der Waals surface area contributed by atoms with E-state index in [1.54, 1.807) is 0 Å². The number of alkyl halides is 6. The molecule has 0 rings (SSSR count). The highest BCUT2D eigenvalue weighted by molar-refractivity contribution is 4.79. The van der Waals surface area contributed by atoms with Crippen LogP contribution in [0.2, 0.25) is 0 Å². The Morgan fingerprint density at radius 1 is 0.944 bits per heavy atom. The highest BCUT2D eigenvalue weighted by Gasteiger charge is 2.48. The van der Waals surface area contributed by atoms with Crippen molar-refractivity contribution in [3.63, 3.8) is 0 Å². The van der Waals surface area contributed by atoms with Gasteiger partial charge in [0.05, 0.1) is 6.42 Å². The third-order valence-electron chi connectivity index (χ3n) is 2.70. The van der Waals surface area contributed by atoms with Crippen molar-refractivity contribution >= 4 is 0 Å². The molecule has 0 spiro atoms. The number of nitrogens with zero attached hydrogens (tertiary/aromatic N) is 1. The Kier molecular flexibility index (Phi) is 7.02. The van der Waals surface area contributed by atoms with Crippen molar-refractivity contribution in [2.45, 2.75) is 57.4 Å². The summed E-state index contributed by atoms with van der Waals surface area (Å²) in [5, 5.41) is 0. The van der Waals surface area contributed by atoms with E-state index in [1.807, 2.05) is 6.92 Å². The van der Waals surface area contributed by atoms with E-state index >= 15 is 0 Å². The molecular weight excluding hydrogens is 260 g/mol. The van der Waals surface area contributed by atoms with Crippen LogP contribution in [0.1, 0.15) is 39.0 Å². The van der Waals surface area contributed by atoms with E-state index in [0.717, 1.165) is 31.2 Å². The molecule has 0 aromatic carbocycles. The highest BCUT2D eigenvalue weighted by Crippen LogP contribution is 2.33. The molecule has 0 fully saturated rings. The molecule has 0 aromatic rings. The van der Waals surface area contributed by atoms with Crippen LogP contribution in [0.3, 0.4) is 0 Å². The molecule has 18 heavy (non-hydrogen) atoms. The number of halogens is 6. The van der Waals surface area contributed by atoms with E-state index < -0.39 is 24.8 Å². The van der Waals surface area contributed by atoms with Gasteiger partial charge in [-0.25, -0.2) is 0 Å². The van der Waals surface area contributed by atoms with Gasteiger partial charge in [-0.2, -0.15) is 26.3 Å². The van der Waals surface area contributed by atoms with Crippen LogP contribution >= 0.6 is 0 Å². The molecule has 0 N–H and O–H groups in total. The fourth-order valence-corrected chi connectivity index (χ4v) is 1.68. The summed E-state index contributed by atoms with van der Waals surface area (Å²) in [5.41, 5.74) is 0. The van der Waals surface area contributed by atoms with Crippen molar-refractivity contribution in [3.8, 4) is 0 Å². The number of unbranched alkanes of at least 4 members (excludes halogenated alkanes) is 3. The van der Waals surface area contributed by atoms with Gasteiger partial charge < -0.3 is 0 Å². The van der Waals surface area contributed by atoms with E-state index in [1.165, 1.54) is 0 Å². The average Bonchev–Trinajstić information content (AvgIpc) is 2.18. The van der Waals surface area contributed by atoms with Crippen molar-refractivity contribution in [2.24, 2.45) is 0 Å². The summed E-state index contributed by atoms with van der Waals surface area (Å²) >= 11 is 0. The lowest BCUT2D eigenvalue weighted by Gasteiger charge is -2.30. The number of hydrogen-bond donors (Lipinski definition) is 0. The average molecular weight is 279 g/mol. The predicted molar refractivity (Wildman–Crippen MR) is 57.3 cm³/mol. The van der Waals surface area contributed by atoms with Gasteiger partial charge in [-0.1, -0.05) is 26.2 Å². The third kappa shape index (κ3) is 7.79. The van der Waals surface area contributed by atoms with Crippen molar-refractivity contribution in [1.29, 1.82) is 0 Å². The minimum absolute atomic E-state index is 0.0280. The first-order valence-electron chi connectivity index (χ1n) is 5.91. The van der Waals surface area contributed by atoms with Crippen LogP contribution in [0.5, 0.6) is 0 Å². The summed E-state index contributed by atoms with van der Waals surface area (Å²) in [6.07, 6.45) is -8.49. The molecule has 110 valence electrons. The monoisotopic (exact) mass is 279 g/mol. The third-order valence-corrected chi connectivity index (χ3v) is 2.70. The van der Waals surface area contributed by atoms with Crippen LogP contribution < -0.4 is 0 Å². The Bertz CT molecular complexity index is 223. The molecule has 7 heteroatoms. The fraction of sp³-hybridized carbons (Fsp3) is 1.00. The van der Waals surface area contributed by atoms with Gasteiger partial charge in [-0.05, 0) is 20.0 Å². The molecule has 0 saturated heterocycles. The Balaban J connectivity index is 4.38. The summed E-state index contributed by atoms with van der Waals surface area (Å²) in [4.78, 5) is 0.753. The molecule has 0 amide bonds. The molecule has 1 unspecified atom stereocenters. The van der Waals surface area contributed by atoms with Crippen LogP contribution in [-0.4, -0.2) is 36.9 Å². The quantitative estimate of drug-likeness (QED) is 0.493.